The largest absolute Gasteiger partial charge is 0.391 e. The highest BCUT2D eigenvalue weighted by Crippen LogP contribution is 2.37. The number of halogens is 1. The van der Waals surface area contributed by atoms with E-state index in [0.29, 0.717) is 18.0 Å². The Bertz CT molecular complexity index is 646. The molecule has 0 fully saturated rings. The highest BCUT2D eigenvalue weighted by molar-refractivity contribution is 6.30. The zero-order valence-corrected chi connectivity index (χ0v) is 13.2. The van der Waals surface area contributed by atoms with Crippen LogP contribution in [-0.2, 0) is 6.42 Å². The fraction of sp³-hybridized carbons (Fsp3) is 0.333. The molecule has 0 radical (unpaired) electrons. The van der Waals surface area contributed by atoms with E-state index >= 15 is 0 Å². The van der Waals surface area contributed by atoms with Gasteiger partial charge < -0.3 is 15.7 Å². The fourth-order valence-electron chi connectivity index (χ4n) is 3.28. The minimum atomic E-state index is -0.519. The lowest BCUT2D eigenvalue weighted by Gasteiger charge is -2.34. The van der Waals surface area contributed by atoms with Gasteiger partial charge in [0.05, 0.1) is 12.1 Å². The van der Waals surface area contributed by atoms with Crippen molar-refractivity contribution in [3.63, 3.8) is 0 Å². The Morgan fingerprint density at radius 2 is 2.00 bits per heavy atom. The molecule has 4 heteroatoms. The second-order valence-corrected chi connectivity index (χ2v) is 6.15. The Kier molecular flexibility index (Phi) is 4.67. The van der Waals surface area contributed by atoms with E-state index in [-0.39, 0.29) is 6.04 Å². The molecule has 1 heterocycles. The zero-order chi connectivity index (χ0) is 15.5. The van der Waals surface area contributed by atoms with Gasteiger partial charge >= 0.3 is 0 Å². The van der Waals surface area contributed by atoms with Gasteiger partial charge in [-0.1, -0.05) is 41.9 Å². The molecule has 0 saturated carbocycles. The van der Waals surface area contributed by atoms with Gasteiger partial charge in [-0.05, 0) is 48.7 Å². The number of benzene rings is 2. The van der Waals surface area contributed by atoms with Crippen molar-refractivity contribution < 1.29 is 5.11 Å². The van der Waals surface area contributed by atoms with Crippen molar-refractivity contribution in [1.29, 1.82) is 0 Å². The van der Waals surface area contributed by atoms with Crippen molar-refractivity contribution >= 4 is 17.3 Å². The van der Waals surface area contributed by atoms with Gasteiger partial charge in [-0.2, -0.15) is 0 Å². The first kappa shape index (κ1) is 15.3. The molecule has 116 valence electrons. The number of aliphatic hydroxyl groups is 1. The molecule has 2 aromatic rings. The second kappa shape index (κ2) is 6.69. The van der Waals surface area contributed by atoms with Crippen molar-refractivity contribution in [2.45, 2.75) is 25.0 Å². The van der Waals surface area contributed by atoms with Crippen molar-refractivity contribution in [3.8, 4) is 0 Å². The monoisotopic (exact) mass is 316 g/mol. The Labute approximate surface area is 136 Å². The van der Waals surface area contributed by atoms with Gasteiger partial charge in [-0.3, -0.25) is 0 Å². The summed E-state index contributed by atoms with van der Waals surface area (Å²) in [6.45, 7) is 1.37. The molecule has 0 spiro atoms. The van der Waals surface area contributed by atoms with Gasteiger partial charge in [-0.25, -0.2) is 0 Å². The number of para-hydroxylation sites is 1. The molecular formula is C18H21ClN2O. The number of hydrogen-bond acceptors (Lipinski definition) is 3. The van der Waals surface area contributed by atoms with Crippen molar-refractivity contribution in [1.82, 2.24) is 0 Å². The number of anilines is 1. The number of hydrogen-bond donors (Lipinski definition) is 2. The molecule has 3 nitrogen and oxygen atoms in total. The summed E-state index contributed by atoms with van der Waals surface area (Å²) < 4.78 is 0. The van der Waals surface area contributed by atoms with Crippen molar-refractivity contribution in [2.75, 3.05) is 18.0 Å². The van der Waals surface area contributed by atoms with Gasteiger partial charge in [0, 0.05) is 17.3 Å². The van der Waals surface area contributed by atoms with E-state index in [1.54, 1.807) is 0 Å². The Morgan fingerprint density at radius 3 is 2.77 bits per heavy atom. The third kappa shape index (κ3) is 2.98. The maximum Gasteiger partial charge on any atom is 0.0803 e. The lowest BCUT2D eigenvalue weighted by molar-refractivity contribution is 0.134. The summed E-state index contributed by atoms with van der Waals surface area (Å²) in [6, 6.07) is 16.0. The summed E-state index contributed by atoms with van der Waals surface area (Å²) in [5.41, 5.74) is 9.22. The molecular weight excluding hydrogens is 296 g/mol. The molecule has 22 heavy (non-hydrogen) atoms. The summed E-state index contributed by atoms with van der Waals surface area (Å²) in [6.07, 6.45) is 1.05. The number of nitrogens with two attached hydrogens (primary N) is 1. The standard InChI is InChI=1S/C18H21ClN2O/c19-15-6-3-5-14(12-15)18(17(22)8-10-20)21-11-9-13-4-1-2-7-16(13)21/h1-7,12,17-18,22H,8-11,20H2/t17?,18-/m0/s1. The summed E-state index contributed by atoms with van der Waals surface area (Å²) in [4.78, 5) is 2.28. The average Bonchev–Trinajstić information content (AvgIpc) is 2.92. The molecule has 2 atom stereocenters. The summed E-state index contributed by atoms with van der Waals surface area (Å²) in [5, 5.41) is 11.4. The van der Waals surface area contributed by atoms with Gasteiger partial charge in [0.2, 0.25) is 0 Å². The summed E-state index contributed by atoms with van der Waals surface area (Å²) in [5.74, 6) is 0. The first-order chi connectivity index (χ1) is 10.7. The second-order valence-electron chi connectivity index (χ2n) is 5.72. The van der Waals surface area contributed by atoms with Gasteiger partial charge in [0.25, 0.3) is 0 Å². The Balaban J connectivity index is 2.00. The maximum atomic E-state index is 10.7. The summed E-state index contributed by atoms with van der Waals surface area (Å²) >= 11 is 6.15. The van der Waals surface area contributed by atoms with Crippen LogP contribution < -0.4 is 10.6 Å². The minimum Gasteiger partial charge on any atom is -0.391 e. The molecule has 0 amide bonds. The minimum absolute atomic E-state index is 0.120. The predicted octanol–water partition coefficient (Wildman–Crippen LogP) is 3.15. The van der Waals surface area contributed by atoms with E-state index in [4.69, 9.17) is 17.3 Å². The van der Waals surface area contributed by atoms with Crippen LogP contribution in [0.3, 0.4) is 0 Å². The molecule has 0 aliphatic carbocycles. The van der Waals surface area contributed by atoms with Crippen LogP contribution in [-0.4, -0.2) is 24.3 Å². The van der Waals surface area contributed by atoms with E-state index in [9.17, 15) is 5.11 Å². The molecule has 0 aromatic heterocycles. The van der Waals surface area contributed by atoms with Crippen molar-refractivity contribution in [2.24, 2.45) is 5.73 Å². The lowest BCUT2D eigenvalue weighted by atomic mass is 9.97. The van der Waals surface area contributed by atoms with E-state index in [1.165, 1.54) is 11.3 Å². The lowest BCUT2D eigenvalue weighted by Crippen LogP contribution is -2.36. The molecule has 0 saturated heterocycles. The quantitative estimate of drug-likeness (QED) is 0.891. The van der Waals surface area contributed by atoms with E-state index in [0.717, 1.165) is 18.5 Å². The molecule has 2 aromatic carbocycles. The predicted molar refractivity (Wildman–Crippen MR) is 91.4 cm³/mol. The third-order valence-corrected chi connectivity index (χ3v) is 4.51. The van der Waals surface area contributed by atoms with Crippen LogP contribution in [0.1, 0.15) is 23.6 Å². The van der Waals surface area contributed by atoms with Gasteiger partial charge in [0.1, 0.15) is 0 Å². The van der Waals surface area contributed by atoms with Gasteiger partial charge in [0.15, 0.2) is 0 Å². The van der Waals surface area contributed by atoms with E-state index < -0.39 is 6.10 Å². The molecule has 0 bridgehead atoms. The van der Waals surface area contributed by atoms with Crippen LogP contribution in [0, 0.1) is 0 Å². The average molecular weight is 317 g/mol. The zero-order valence-electron chi connectivity index (χ0n) is 12.5. The summed E-state index contributed by atoms with van der Waals surface area (Å²) in [7, 11) is 0. The van der Waals surface area contributed by atoms with Crippen LogP contribution in [0.5, 0.6) is 0 Å². The molecule has 3 N–H and O–H groups in total. The first-order valence-electron chi connectivity index (χ1n) is 7.69. The Hall–Kier alpha value is -1.55. The van der Waals surface area contributed by atoms with Crippen LogP contribution in [0.4, 0.5) is 5.69 Å². The normalized spacial score (nSPS) is 16.4. The van der Waals surface area contributed by atoms with Crippen LogP contribution in [0.25, 0.3) is 0 Å². The highest BCUT2D eigenvalue weighted by Gasteiger charge is 2.31. The SMILES string of the molecule is NCCC(O)[C@H](c1cccc(Cl)c1)N1CCc2ccccc21. The highest BCUT2D eigenvalue weighted by atomic mass is 35.5. The van der Waals surface area contributed by atoms with Crippen LogP contribution >= 0.6 is 11.6 Å². The smallest absolute Gasteiger partial charge is 0.0803 e. The van der Waals surface area contributed by atoms with Gasteiger partial charge in [-0.15, -0.1) is 0 Å². The number of fused-ring (bicyclic) bond motifs is 1. The molecule has 3 rings (SSSR count). The number of rotatable bonds is 5. The van der Waals surface area contributed by atoms with Crippen LogP contribution in [0.2, 0.25) is 5.02 Å². The van der Waals surface area contributed by atoms with E-state index in [1.807, 2.05) is 30.3 Å². The molecule has 1 aliphatic rings. The topological polar surface area (TPSA) is 49.5 Å². The third-order valence-electron chi connectivity index (χ3n) is 4.28. The molecule has 1 unspecified atom stereocenters. The number of aliphatic hydroxyl groups excluding tert-OH is 1. The Morgan fingerprint density at radius 1 is 1.18 bits per heavy atom. The van der Waals surface area contributed by atoms with Crippen molar-refractivity contribution in [3.05, 3.63) is 64.7 Å². The van der Waals surface area contributed by atoms with E-state index in [2.05, 4.69) is 23.1 Å². The fourth-order valence-corrected chi connectivity index (χ4v) is 3.48. The molecule has 1 aliphatic heterocycles. The number of nitrogens with zero attached hydrogens (tertiary/aromatic N) is 1. The first-order valence-corrected chi connectivity index (χ1v) is 8.06. The van der Waals surface area contributed by atoms with Crippen LogP contribution in [0.15, 0.2) is 48.5 Å². The maximum absolute atomic E-state index is 10.7.